The van der Waals surface area contributed by atoms with Crippen molar-refractivity contribution in [3.05, 3.63) is 5.56 Å². The topological polar surface area (TPSA) is 71.2 Å². The fourth-order valence-corrected chi connectivity index (χ4v) is 2.97. The van der Waals surface area contributed by atoms with Crippen LogP contribution in [0.5, 0.6) is 0 Å². The minimum absolute atomic E-state index is 0.0911. The first kappa shape index (κ1) is 14.1. The number of nitrogen functional groups attached to an aromatic ring is 1. The van der Waals surface area contributed by atoms with Gasteiger partial charge < -0.3 is 16.0 Å². The largest absolute Gasteiger partial charge is 0.382 e. The highest BCUT2D eigenvalue weighted by Gasteiger charge is 2.34. The van der Waals surface area contributed by atoms with Gasteiger partial charge in [-0.2, -0.15) is 4.37 Å². The molecule has 0 saturated heterocycles. The number of hydrogen-bond donors (Lipinski definition) is 2. The van der Waals surface area contributed by atoms with Crippen molar-refractivity contribution >= 4 is 28.3 Å². The molecule has 1 aliphatic rings. The summed E-state index contributed by atoms with van der Waals surface area (Å²) in [5.41, 5.74) is 6.36. The van der Waals surface area contributed by atoms with Crippen molar-refractivity contribution in [3.8, 4) is 0 Å². The lowest BCUT2D eigenvalue weighted by atomic mass is 10.2. The van der Waals surface area contributed by atoms with E-state index in [0.717, 1.165) is 23.4 Å². The SMILES string of the molecule is CC(C)NC(=O)c1c(N)nsc1N(C)CC1CC1C. The first-order valence-electron chi connectivity index (χ1n) is 6.67. The van der Waals surface area contributed by atoms with Crippen LogP contribution in [0.15, 0.2) is 0 Å². The predicted molar refractivity (Wildman–Crippen MR) is 79.7 cm³/mol. The Bertz CT molecular complexity index is 471. The van der Waals surface area contributed by atoms with E-state index < -0.39 is 0 Å². The van der Waals surface area contributed by atoms with Crippen LogP contribution in [0.4, 0.5) is 10.8 Å². The van der Waals surface area contributed by atoms with E-state index in [0.29, 0.717) is 11.4 Å². The molecule has 0 aliphatic heterocycles. The number of anilines is 2. The summed E-state index contributed by atoms with van der Waals surface area (Å²) in [6.07, 6.45) is 1.27. The molecule has 3 N–H and O–H groups in total. The number of nitrogens with zero attached hydrogens (tertiary/aromatic N) is 2. The number of aromatic nitrogens is 1. The molecule has 1 aromatic rings. The monoisotopic (exact) mass is 282 g/mol. The molecular weight excluding hydrogens is 260 g/mol. The molecule has 5 nitrogen and oxygen atoms in total. The van der Waals surface area contributed by atoms with Crippen LogP contribution in [0.3, 0.4) is 0 Å². The van der Waals surface area contributed by atoms with Gasteiger partial charge in [-0.05, 0) is 43.6 Å². The van der Waals surface area contributed by atoms with Gasteiger partial charge in [-0.15, -0.1) is 0 Å². The summed E-state index contributed by atoms with van der Waals surface area (Å²) in [6, 6.07) is 0.0911. The Balaban J connectivity index is 2.14. The van der Waals surface area contributed by atoms with Crippen molar-refractivity contribution in [2.75, 3.05) is 24.2 Å². The Kier molecular flexibility index (Phi) is 3.99. The molecule has 1 aromatic heterocycles. The highest BCUT2D eigenvalue weighted by atomic mass is 32.1. The van der Waals surface area contributed by atoms with Crippen molar-refractivity contribution < 1.29 is 4.79 Å². The van der Waals surface area contributed by atoms with Crippen molar-refractivity contribution in [2.45, 2.75) is 33.2 Å². The number of nitrogens with two attached hydrogens (primary N) is 1. The summed E-state index contributed by atoms with van der Waals surface area (Å²) >= 11 is 1.30. The summed E-state index contributed by atoms with van der Waals surface area (Å²) in [6.45, 7) is 7.09. The normalized spacial score (nSPS) is 21.5. The van der Waals surface area contributed by atoms with Crippen molar-refractivity contribution in [3.63, 3.8) is 0 Å². The van der Waals surface area contributed by atoms with Crippen LogP contribution in [0.2, 0.25) is 0 Å². The Morgan fingerprint density at radius 2 is 2.26 bits per heavy atom. The number of carbonyl (C=O) groups excluding carboxylic acids is 1. The van der Waals surface area contributed by atoms with Gasteiger partial charge in [0, 0.05) is 19.6 Å². The van der Waals surface area contributed by atoms with Crippen LogP contribution in [-0.2, 0) is 0 Å². The van der Waals surface area contributed by atoms with Crippen LogP contribution in [0, 0.1) is 11.8 Å². The van der Waals surface area contributed by atoms with Crippen molar-refractivity contribution in [1.82, 2.24) is 9.69 Å². The number of nitrogens with one attached hydrogen (secondary N) is 1. The molecule has 0 bridgehead atoms. The van der Waals surface area contributed by atoms with Gasteiger partial charge in [0.25, 0.3) is 5.91 Å². The van der Waals surface area contributed by atoms with E-state index >= 15 is 0 Å². The average Bonchev–Trinajstić information content (AvgIpc) is 2.84. The zero-order valence-electron chi connectivity index (χ0n) is 11.9. The molecule has 1 fully saturated rings. The minimum Gasteiger partial charge on any atom is -0.382 e. The maximum atomic E-state index is 12.2. The molecule has 2 atom stereocenters. The molecule has 0 aromatic carbocycles. The van der Waals surface area contributed by atoms with E-state index in [1.165, 1.54) is 18.0 Å². The van der Waals surface area contributed by atoms with Gasteiger partial charge in [0.15, 0.2) is 5.82 Å². The number of carbonyl (C=O) groups is 1. The first-order valence-corrected chi connectivity index (χ1v) is 7.44. The summed E-state index contributed by atoms with van der Waals surface area (Å²) in [4.78, 5) is 14.3. The molecule has 1 aliphatic carbocycles. The van der Waals surface area contributed by atoms with Crippen molar-refractivity contribution in [2.24, 2.45) is 11.8 Å². The van der Waals surface area contributed by atoms with E-state index in [2.05, 4.69) is 21.5 Å². The zero-order chi connectivity index (χ0) is 14.2. The highest BCUT2D eigenvalue weighted by molar-refractivity contribution is 7.11. The maximum Gasteiger partial charge on any atom is 0.258 e. The van der Waals surface area contributed by atoms with Gasteiger partial charge in [-0.25, -0.2) is 0 Å². The second-order valence-corrected chi connectivity index (χ2v) is 6.48. The molecule has 2 unspecified atom stereocenters. The van der Waals surface area contributed by atoms with E-state index in [4.69, 9.17) is 5.73 Å². The molecular formula is C13H22N4OS. The third-order valence-electron chi connectivity index (χ3n) is 3.48. The van der Waals surface area contributed by atoms with Crippen LogP contribution in [-0.4, -0.2) is 29.9 Å². The molecule has 1 amide bonds. The highest BCUT2D eigenvalue weighted by Crippen LogP contribution is 2.40. The van der Waals surface area contributed by atoms with Gasteiger partial charge in [0.1, 0.15) is 10.6 Å². The molecule has 6 heteroatoms. The van der Waals surface area contributed by atoms with Gasteiger partial charge in [-0.3, -0.25) is 4.79 Å². The van der Waals surface area contributed by atoms with Crippen molar-refractivity contribution in [1.29, 1.82) is 0 Å². The second kappa shape index (κ2) is 5.36. The molecule has 0 radical (unpaired) electrons. The maximum absolute atomic E-state index is 12.2. The van der Waals surface area contributed by atoms with E-state index in [1.807, 2.05) is 20.9 Å². The number of amides is 1. The predicted octanol–water partition coefficient (Wildman–Crippen LogP) is 1.96. The molecule has 2 rings (SSSR count). The van der Waals surface area contributed by atoms with E-state index in [-0.39, 0.29) is 11.9 Å². The summed E-state index contributed by atoms with van der Waals surface area (Å²) in [7, 11) is 2.00. The molecule has 19 heavy (non-hydrogen) atoms. The lowest BCUT2D eigenvalue weighted by Crippen LogP contribution is -2.32. The van der Waals surface area contributed by atoms with Crippen LogP contribution < -0.4 is 16.0 Å². The summed E-state index contributed by atoms with van der Waals surface area (Å²) < 4.78 is 4.13. The van der Waals surface area contributed by atoms with Gasteiger partial charge >= 0.3 is 0 Å². The second-order valence-electron chi connectivity index (χ2n) is 5.73. The fraction of sp³-hybridized carbons (Fsp3) is 0.692. The van der Waals surface area contributed by atoms with E-state index in [1.54, 1.807) is 0 Å². The lowest BCUT2D eigenvalue weighted by molar-refractivity contribution is 0.0945. The Hall–Kier alpha value is -1.30. The summed E-state index contributed by atoms with van der Waals surface area (Å²) in [5.74, 6) is 1.72. The molecule has 1 heterocycles. The lowest BCUT2D eigenvalue weighted by Gasteiger charge is -2.18. The smallest absolute Gasteiger partial charge is 0.258 e. The van der Waals surface area contributed by atoms with Gasteiger partial charge in [-0.1, -0.05) is 6.92 Å². The van der Waals surface area contributed by atoms with Crippen LogP contribution in [0.1, 0.15) is 37.6 Å². The summed E-state index contributed by atoms with van der Waals surface area (Å²) in [5, 5.41) is 3.75. The Labute approximate surface area is 118 Å². The number of hydrogen-bond acceptors (Lipinski definition) is 5. The van der Waals surface area contributed by atoms with Crippen LogP contribution >= 0.6 is 11.5 Å². The quantitative estimate of drug-likeness (QED) is 0.866. The third kappa shape index (κ3) is 3.18. The third-order valence-corrected chi connectivity index (χ3v) is 4.46. The average molecular weight is 282 g/mol. The molecule has 1 saturated carbocycles. The number of rotatable bonds is 5. The fourth-order valence-electron chi connectivity index (χ4n) is 2.19. The van der Waals surface area contributed by atoms with Gasteiger partial charge in [0.05, 0.1) is 0 Å². The van der Waals surface area contributed by atoms with Crippen LogP contribution in [0.25, 0.3) is 0 Å². The standard InChI is InChI=1S/C13H22N4OS/c1-7(2)15-12(18)10-11(14)16-19-13(10)17(4)6-9-5-8(9)3/h7-9H,5-6H2,1-4H3,(H2,14,16)(H,15,18). The first-order chi connectivity index (χ1) is 8.90. The van der Waals surface area contributed by atoms with E-state index in [9.17, 15) is 4.79 Å². The Morgan fingerprint density at radius 1 is 1.63 bits per heavy atom. The van der Waals surface area contributed by atoms with Gasteiger partial charge in [0.2, 0.25) is 0 Å². The molecule has 0 spiro atoms. The Morgan fingerprint density at radius 3 is 2.79 bits per heavy atom. The zero-order valence-corrected chi connectivity index (χ0v) is 12.8. The molecule has 106 valence electrons. The minimum atomic E-state index is -0.132.